The molecule has 0 aromatic heterocycles. The van der Waals surface area contributed by atoms with E-state index in [-0.39, 0.29) is 0 Å². The number of hydrogen-bond donors (Lipinski definition) is 0. The van der Waals surface area contributed by atoms with Gasteiger partial charge in [-0.3, -0.25) is 0 Å². The third kappa shape index (κ3) is 26.4. The first kappa shape index (κ1) is 37.5. The highest BCUT2D eigenvalue weighted by Crippen LogP contribution is 2.38. The summed E-state index contributed by atoms with van der Waals surface area (Å²) in [5.74, 6) is 1.22. The molecule has 0 N–H and O–H groups in total. The Hall–Kier alpha value is -0.500. The van der Waals surface area contributed by atoms with Gasteiger partial charge < -0.3 is 9.47 Å². The second kappa shape index (κ2) is 28.6. The summed E-state index contributed by atoms with van der Waals surface area (Å²) in [4.78, 5) is 0. The average Bonchev–Trinajstić information content (AvgIpc) is 3.90. The summed E-state index contributed by atoms with van der Waals surface area (Å²) in [6.45, 7) is 7.92. The monoisotopic (exact) mass is 563 g/mol. The summed E-state index contributed by atoms with van der Waals surface area (Å²) < 4.78 is 10.8. The fourth-order valence-corrected chi connectivity index (χ4v) is 5.98. The molecule has 2 rings (SSSR count). The van der Waals surface area contributed by atoms with E-state index in [0.717, 1.165) is 6.61 Å². The molecule has 40 heavy (non-hydrogen) atoms. The highest BCUT2D eigenvalue weighted by atomic mass is 16.6. The van der Waals surface area contributed by atoms with Crippen molar-refractivity contribution in [1.29, 1.82) is 0 Å². The molecule has 0 saturated carbocycles. The Morgan fingerprint density at radius 2 is 0.725 bits per heavy atom. The summed E-state index contributed by atoms with van der Waals surface area (Å²) in [6, 6.07) is 0. The van der Waals surface area contributed by atoms with Crippen LogP contribution in [0, 0.1) is 0 Å². The second-order valence-electron chi connectivity index (χ2n) is 13.3. The molecule has 0 bridgehead atoms. The molecular weight excluding hydrogens is 488 g/mol. The molecule has 1 fully saturated rings. The molecule has 2 heterocycles. The van der Waals surface area contributed by atoms with E-state index in [1.54, 1.807) is 0 Å². The SMILES string of the molecule is CCCCCCCCCCC1(CCCCCCCC)CO1.CCCCCCCCCCCCCCCCC1=CO1. The van der Waals surface area contributed by atoms with Crippen LogP contribution in [0.2, 0.25) is 0 Å². The van der Waals surface area contributed by atoms with E-state index in [1.165, 1.54) is 205 Å². The van der Waals surface area contributed by atoms with Crippen LogP contribution in [-0.4, -0.2) is 12.2 Å². The van der Waals surface area contributed by atoms with Crippen molar-refractivity contribution < 1.29 is 9.47 Å². The van der Waals surface area contributed by atoms with Crippen molar-refractivity contribution in [2.24, 2.45) is 0 Å². The fourth-order valence-electron chi connectivity index (χ4n) is 5.98. The lowest BCUT2D eigenvalue weighted by atomic mass is 9.94. The van der Waals surface area contributed by atoms with Gasteiger partial charge in [0.1, 0.15) is 12.0 Å². The Kier molecular flexibility index (Phi) is 26.8. The first-order valence-electron chi connectivity index (χ1n) is 18.8. The van der Waals surface area contributed by atoms with Crippen molar-refractivity contribution in [3.63, 3.8) is 0 Å². The Morgan fingerprint density at radius 3 is 1.00 bits per heavy atom. The minimum absolute atomic E-state index is 0.340. The molecule has 2 nitrogen and oxygen atoms in total. The van der Waals surface area contributed by atoms with Crippen molar-refractivity contribution in [2.45, 2.75) is 225 Å². The largest absolute Gasteiger partial charge is 0.463 e. The quantitative estimate of drug-likeness (QED) is 0.0620. The predicted molar refractivity (Wildman–Crippen MR) is 178 cm³/mol. The van der Waals surface area contributed by atoms with Crippen LogP contribution in [0.1, 0.15) is 220 Å². The smallest absolute Gasteiger partial charge is 0.138 e. The lowest BCUT2D eigenvalue weighted by Crippen LogP contribution is -2.10. The zero-order chi connectivity index (χ0) is 28.8. The van der Waals surface area contributed by atoms with Crippen molar-refractivity contribution in [2.75, 3.05) is 6.61 Å². The van der Waals surface area contributed by atoms with Crippen molar-refractivity contribution >= 4 is 0 Å². The minimum atomic E-state index is 0.340. The fraction of sp³-hybridized carbons (Fsp3) is 0.947. The first-order chi connectivity index (χ1) is 19.8. The molecule has 0 spiro atoms. The zero-order valence-corrected chi connectivity index (χ0v) is 28.0. The molecule has 1 atom stereocenters. The topological polar surface area (TPSA) is 25.1 Å². The van der Waals surface area contributed by atoms with Gasteiger partial charge in [0.05, 0.1) is 12.2 Å². The van der Waals surface area contributed by atoms with E-state index in [2.05, 4.69) is 20.8 Å². The van der Waals surface area contributed by atoms with Gasteiger partial charge in [-0.15, -0.1) is 0 Å². The third-order valence-corrected chi connectivity index (χ3v) is 9.09. The van der Waals surface area contributed by atoms with Crippen LogP contribution >= 0.6 is 0 Å². The Morgan fingerprint density at radius 1 is 0.450 bits per heavy atom. The number of allylic oxidation sites excluding steroid dienone is 1. The Labute approximate surface area is 253 Å². The van der Waals surface area contributed by atoms with Gasteiger partial charge in [-0.05, 0) is 19.3 Å². The third-order valence-electron chi connectivity index (χ3n) is 9.09. The Balaban J connectivity index is 0.000000402. The molecule has 0 aliphatic carbocycles. The second-order valence-corrected chi connectivity index (χ2v) is 13.3. The molecule has 2 aliphatic heterocycles. The van der Waals surface area contributed by atoms with Crippen LogP contribution in [0.15, 0.2) is 12.0 Å². The highest BCUT2D eigenvalue weighted by Gasteiger charge is 2.42. The summed E-state index contributed by atoms with van der Waals surface area (Å²) in [7, 11) is 0. The van der Waals surface area contributed by atoms with Gasteiger partial charge in [-0.25, -0.2) is 0 Å². The maximum Gasteiger partial charge on any atom is 0.138 e. The molecule has 0 aromatic rings. The lowest BCUT2D eigenvalue weighted by molar-refractivity contribution is 0.260. The maximum atomic E-state index is 5.78. The average molecular weight is 563 g/mol. The van der Waals surface area contributed by atoms with Gasteiger partial charge in [0, 0.05) is 6.42 Å². The minimum Gasteiger partial charge on any atom is -0.463 e. The zero-order valence-electron chi connectivity index (χ0n) is 28.0. The normalized spacial score (nSPS) is 17.2. The van der Waals surface area contributed by atoms with E-state index in [4.69, 9.17) is 9.47 Å². The summed E-state index contributed by atoms with van der Waals surface area (Å²) in [5.41, 5.74) is 0.340. The van der Waals surface area contributed by atoms with E-state index >= 15 is 0 Å². The highest BCUT2D eigenvalue weighted by molar-refractivity contribution is 5.01. The van der Waals surface area contributed by atoms with E-state index < -0.39 is 0 Å². The molecule has 238 valence electrons. The first-order valence-corrected chi connectivity index (χ1v) is 18.8. The van der Waals surface area contributed by atoms with Crippen LogP contribution in [0.4, 0.5) is 0 Å². The Bertz CT molecular complexity index is 536. The van der Waals surface area contributed by atoms with Crippen molar-refractivity contribution in [1.82, 2.24) is 0 Å². The van der Waals surface area contributed by atoms with Crippen molar-refractivity contribution in [3.05, 3.63) is 12.0 Å². The van der Waals surface area contributed by atoms with Crippen LogP contribution in [-0.2, 0) is 9.47 Å². The standard InChI is InChI=1S/C20H40O.C18H34O/c1-3-5-7-9-11-12-14-16-18-20(19-21-20)17-15-13-10-8-6-4-2;1-2-3-4-5-6-7-8-9-10-11-12-13-14-15-16-18-17-19-18/h3-19H2,1-2H3;17H,2-16H2,1H3. The molecule has 2 heteroatoms. The predicted octanol–water partition coefficient (Wildman–Crippen LogP) is 13.8. The molecule has 0 amide bonds. The van der Waals surface area contributed by atoms with Gasteiger partial charge in [-0.2, -0.15) is 0 Å². The number of hydrogen-bond acceptors (Lipinski definition) is 2. The van der Waals surface area contributed by atoms with Gasteiger partial charge in [0.15, 0.2) is 0 Å². The molecule has 1 unspecified atom stereocenters. The molecule has 2 aliphatic rings. The summed E-state index contributed by atoms with van der Waals surface area (Å²) in [6.07, 6.45) is 45.6. The number of epoxide rings is 1. The summed E-state index contributed by atoms with van der Waals surface area (Å²) in [5, 5.41) is 0. The maximum absolute atomic E-state index is 5.78. The van der Waals surface area contributed by atoms with E-state index in [1.807, 2.05) is 6.26 Å². The number of ether oxygens (including phenoxy) is 2. The van der Waals surface area contributed by atoms with E-state index in [0.29, 0.717) is 5.60 Å². The van der Waals surface area contributed by atoms with Crippen LogP contribution < -0.4 is 0 Å². The number of rotatable bonds is 31. The molecule has 1 saturated heterocycles. The van der Waals surface area contributed by atoms with Crippen LogP contribution in [0.5, 0.6) is 0 Å². The van der Waals surface area contributed by atoms with Gasteiger partial charge >= 0.3 is 0 Å². The lowest BCUT2D eigenvalue weighted by Gasteiger charge is -2.11. The molecule has 0 radical (unpaired) electrons. The van der Waals surface area contributed by atoms with Gasteiger partial charge in [0.25, 0.3) is 0 Å². The molecule has 0 aromatic carbocycles. The van der Waals surface area contributed by atoms with E-state index in [9.17, 15) is 0 Å². The number of unbranched alkanes of at least 4 members (excludes halogenated alkanes) is 25. The van der Waals surface area contributed by atoms with Crippen LogP contribution in [0.3, 0.4) is 0 Å². The van der Waals surface area contributed by atoms with Crippen LogP contribution in [0.25, 0.3) is 0 Å². The van der Waals surface area contributed by atoms with Gasteiger partial charge in [0.2, 0.25) is 0 Å². The summed E-state index contributed by atoms with van der Waals surface area (Å²) >= 11 is 0. The van der Waals surface area contributed by atoms with Crippen molar-refractivity contribution in [3.8, 4) is 0 Å². The van der Waals surface area contributed by atoms with Gasteiger partial charge in [-0.1, -0.05) is 194 Å². The molecular formula is C38H74O2.